The average molecular weight is 563 g/mol. The third-order valence-electron chi connectivity index (χ3n) is 3.20. The normalized spacial score (nSPS) is 18.6. The molecule has 0 saturated carbocycles. The fourth-order valence-corrected chi connectivity index (χ4v) is 15.6. The van der Waals surface area contributed by atoms with Crippen LogP contribution >= 0.6 is 52.1 Å². The van der Waals surface area contributed by atoms with Gasteiger partial charge in [0.1, 0.15) is 0 Å². The topological polar surface area (TPSA) is 0 Å². The van der Waals surface area contributed by atoms with E-state index in [1.54, 1.807) is 0 Å². The minimum atomic E-state index is -3.29. The minimum absolute atomic E-state index is 0.671. The molecule has 1 aliphatic heterocycles. The van der Waals surface area contributed by atoms with Gasteiger partial charge in [0.2, 0.25) is 0 Å². The first-order chi connectivity index (χ1) is 10.0. The SMILES string of the molecule is Cl/C(=C\C1=C(I)c2ccccc2[Te]1(Cl)Cl)c1ccccc1. The van der Waals surface area contributed by atoms with Crippen LogP contribution in [0.25, 0.3) is 8.61 Å². The molecule has 21 heavy (non-hydrogen) atoms. The molecule has 0 amide bonds. The van der Waals surface area contributed by atoms with E-state index in [1.807, 2.05) is 54.6 Å². The molecule has 0 unspecified atom stereocenters. The number of hydrogen-bond donors (Lipinski definition) is 0. The van der Waals surface area contributed by atoms with Crippen LogP contribution in [0.15, 0.2) is 64.3 Å². The Labute approximate surface area is 154 Å². The van der Waals surface area contributed by atoms with Crippen molar-refractivity contribution >= 4 is 80.3 Å². The molecule has 0 bridgehead atoms. The van der Waals surface area contributed by atoms with Crippen molar-refractivity contribution < 1.29 is 0 Å². The molecule has 0 atom stereocenters. The van der Waals surface area contributed by atoms with Gasteiger partial charge < -0.3 is 0 Å². The Hall–Kier alpha value is 0.310. The van der Waals surface area contributed by atoms with Gasteiger partial charge in [-0.25, -0.2) is 0 Å². The first-order valence-electron chi connectivity index (χ1n) is 6.16. The molecule has 5 heteroatoms. The quantitative estimate of drug-likeness (QED) is 0.321. The van der Waals surface area contributed by atoms with Crippen LogP contribution in [0.2, 0.25) is 0 Å². The monoisotopic (exact) mass is 564 g/mol. The molecule has 0 radical (unpaired) electrons. The molecule has 0 spiro atoms. The van der Waals surface area contributed by atoms with Crippen LogP contribution in [0.5, 0.6) is 0 Å². The molecule has 2 aromatic carbocycles. The van der Waals surface area contributed by atoms with E-state index in [4.69, 9.17) is 29.5 Å². The van der Waals surface area contributed by atoms with Gasteiger partial charge in [-0.2, -0.15) is 0 Å². The van der Waals surface area contributed by atoms with E-state index in [-0.39, 0.29) is 0 Å². The summed E-state index contributed by atoms with van der Waals surface area (Å²) in [5, 5.41) is 0.671. The summed E-state index contributed by atoms with van der Waals surface area (Å²) in [7, 11) is 13.6. The Morgan fingerprint density at radius 3 is 2.24 bits per heavy atom. The predicted octanol–water partition coefficient (Wildman–Crippen LogP) is 5.79. The maximum absolute atomic E-state index is 6.78. The molecule has 1 heterocycles. The molecule has 0 fully saturated rings. The molecule has 0 saturated heterocycles. The summed E-state index contributed by atoms with van der Waals surface area (Å²) in [4.78, 5) is 0. The summed E-state index contributed by atoms with van der Waals surface area (Å²) in [5.41, 5.74) is 2.12. The molecule has 2 aromatic rings. The molecule has 0 N–H and O–H groups in total. The second-order valence-corrected chi connectivity index (χ2v) is 18.4. The van der Waals surface area contributed by atoms with E-state index in [9.17, 15) is 0 Å². The second kappa shape index (κ2) is 6.43. The summed E-state index contributed by atoms with van der Waals surface area (Å²) in [5.74, 6) is 0. The zero-order chi connectivity index (χ0) is 15.0. The van der Waals surface area contributed by atoms with Gasteiger partial charge in [-0.1, -0.05) is 0 Å². The average Bonchev–Trinajstić information content (AvgIpc) is 2.70. The summed E-state index contributed by atoms with van der Waals surface area (Å²) in [6, 6.07) is 17.9. The Morgan fingerprint density at radius 1 is 0.952 bits per heavy atom. The van der Waals surface area contributed by atoms with Crippen molar-refractivity contribution in [3.05, 3.63) is 75.4 Å². The number of benzene rings is 2. The van der Waals surface area contributed by atoms with Crippen LogP contribution in [-0.2, 0) is 0 Å². The van der Waals surface area contributed by atoms with Gasteiger partial charge in [0.25, 0.3) is 0 Å². The molecule has 3 rings (SSSR count). The van der Waals surface area contributed by atoms with Crippen LogP contribution in [0.3, 0.4) is 0 Å². The van der Waals surface area contributed by atoms with Crippen LogP contribution in [0, 0.1) is 0 Å². The van der Waals surface area contributed by atoms with Crippen molar-refractivity contribution in [2.45, 2.75) is 0 Å². The summed E-state index contributed by atoms with van der Waals surface area (Å²) < 4.78 is 3.22. The van der Waals surface area contributed by atoms with Crippen molar-refractivity contribution in [3.8, 4) is 0 Å². The van der Waals surface area contributed by atoms with E-state index < -0.39 is 15.9 Å². The first-order valence-corrected chi connectivity index (χ1v) is 15.8. The zero-order valence-electron chi connectivity index (χ0n) is 10.7. The van der Waals surface area contributed by atoms with E-state index >= 15 is 0 Å². The molecule has 0 aromatic heterocycles. The molecule has 0 aliphatic carbocycles. The Kier molecular flexibility index (Phi) is 4.96. The Bertz CT molecular complexity index is 751. The third-order valence-corrected chi connectivity index (χ3v) is 15.4. The van der Waals surface area contributed by atoms with Crippen molar-refractivity contribution in [1.82, 2.24) is 0 Å². The molecule has 0 nitrogen and oxygen atoms in total. The first kappa shape index (κ1) is 16.2. The van der Waals surface area contributed by atoms with Gasteiger partial charge in [0.15, 0.2) is 0 Å². The van der Waals surface area contributed by atoms with Gasteiger partial charge in [0.05, 0.1) is 0 Å². The summed E-state index contributed by atoms with van der Waals surface area (Å²) in [6.45, 7) is 0. The summed E-state index contributed by atoms with van der Waals surface area (Å²) >= 11 is 5.49. The summed E-state index contributed by atoms with van der Waals surface area (Å²) in [6.07, 6.45) is 1.94. The fraction of sp³-hybridized carbons (Fsp3) is 0. The predicted molar refractivity (Wildman–Crippen MR) is 105 cm³/mol. The van der Waals surface area contributed by atoms with Gasteiger partial charge in [-0.05, 0) is 0 Å². The molecular formula is C16H10Cl3ITe. The van der Waals surface area contributed by atoms with E-state index in [1.165, 1.54) is 0 Å². The number of fused-ring (bicyclic) bond motifs is 1. The van der Waals surface area contributed by atoms with Crippen molar-refractivity contribution in [1.29, 1.82) is 0 Å². The van der Waals surface area contributed by atoms with E-state index in [0.29, 0.717) is 5.03 Å². The molecule has 108 valence electrons. The standard InChI is InChI=1S/C16H10Cl3ITe/c17-13(11-6-2-1-3-7-11)10-15-16(20)12-8-4-5-9-14(12)21(15,18)19/h1-10H/b13-10-. The van der Waals surface area contributed by atoms with E-state index in [0.717, 1.165) is 21.9 Å². The van der Waals surface area contributed by atoms with Crippen molar-refractivity contribution in [2.24, 2.45) is 0 Å². The number of halogens is 4. The maximum atomic E-state index is 6.78. The molecule has 1 aliphatic rings. The Balaban J connectivity index is 2.10. The van der Waals surface area contributed by atoms with Crippen LogP contribution in [0.1, 0.15) is 11.1 Å². The second-order valence-electron chi connectivity index (χ2n) is 4.50. The van der Waals surface area contributed by atoms with Crippen molar-refractivity contribution in [2.75, 3.05) is 0 Å². The fourth-order valence-electron chi connectivity index (χ4n) is 2.17. The van der Waals surface area contributed by atoms with Gasteiger partial charge in [-0.3, -0.25) is 0 Å². The van der Waals surface area contributed by atoms with Gasteiger partial charge >= 0.3 is 156 Å². The van der Waals surface area contributed by atoms with Crippen LogP contribution in [0.4, 0.5) is 0 Å². The van der Waals surface area contributed by atoms with Gasteiger partial charge in [0, 0.05) is 0 Å². The number of hydrogen-bond acceptors (Lipinski definition) is 0. The third kappa shape index (κ3) is 3.04. The zero-order valence-corrected chi connectivity index (χ0v) is 17.4. The number of allylic oxidation sites excluding steroid dienone is 2. The van der Waals surface area contributed by atoms with Crippen LogP contribution in [-0.4, -0.2) is 15.9 Å². The van der Waals surface area contributed by atoms with Crippen LogP contribution < -0.4 is 3.61 Å². The Morgan fingerprint density at radius 2 is 1.57 bits per heavy atom. The number of rotatable bonds is 2. The van der Waals surface area contributed by atoms with Gasteiger partial charge in [-0.15, -0.1) is 0 Å². The van der Waals surface area contributed by atoms with Crippen molar-refractivity contribution in [3.63, 3.8) is 0 Å². The molecular weight excluding hydrogens is 553 g/mol. The van der Waals surface area contributed by atoms with E-state index in [2.05, 4.69) is 28.7 Å².